The van der Waals surface area contributed by atoms with Crippen molar-refractivity contribution in [2.75, 3.05) is 13.1 Å². The molecule has 2 fully saturated rings. The van der Waals surface area contributed by atoms with Crippen LogP contribution in [0.5, 0.6) is 0 Å². The van der Waals surface area contributed by atoms with Gasteiger partial charge in [0.25, 0.3) is 0 Å². The molecule has 0 aromatic carbocycles. The number of carbonyl (C=O) groups is 1. The summed E-state index contributed by atoms with van der Waals surface area (Å²) in [6.45, 7) is 5.89. The summed E-state index contributed by atoms with van der Waals surface area (Å²) in [5, 5.41) is 9.02. The van der Waals surface area contributed by atoms with Crippen LogP contribution >= 0.6 is 0 Å². The predicted molar refractivity (Wildman–Crippen MR) is 67.9 cm³/mol. The maximum atomic E-state index is 11.0. The predicted octanol–water partition coefficient (Wildman–Crippen LogP) is 2.61. The smallest absolute Gasteiger partial charge is 0.317 e. The van der Waals surface area contributed by atoms with Gasteiger partial charge in [-0.15, -0.1) is 0 Å². The molecule has 0 spiro atoms. The lowest BCUT2D eigenvalue weighted by molar-refractivity contribution is -0.139. The Morgan fingerprint density at radius 2 is 1.88 bits per heavy atom. The van der Waals surface area contributed by atoms with Gasteiger partial charge in [-0.1, -0.05) is 13.8 Å². The van der Waals surface area contributed by atoms with Gasteiger partial charge in [-0.2, -0.15) is 0 Å². The minimum absolute atomic E-state index is 0.238. The molecule has 3 heteroatoms. The second-order valence-electron chi connectivity index (χ2n) is 6.19. The molecule has 2 rings (SSSR count). The van der Waals surface area contributed by atoms with E-state index in [0.717, 1.165) is 24.3 Å². The van der Waals surface area contributed by atoms with Crippen molar-refractivity contribution in [2.45, 2.75) is 52.0 Å². The van der Waals surface area contributed by atoms with E-state index in [1.54, 1.807) is 0 Å². The van der Waals surface area contributed by atoms with E-state index < -0.39 is 5.97 Å². The third-order valence-electron chi connectivity index (χ3n) is 4.61. The lowest BCUT2D eigenvalue weighted by atomic mass is 9.78. The highest BCUT2D eigenvalue weighted by Gasteiger charge is 2.33. The van der Waals surface area contributed by atoms with Crippen molar-refractivity contribution < 1.29 is 9.90 Å². The quantitative estimate of drug-likeness (QED) is 0.801. The highest BCUT2D eigenvalue weighted by atomic mass is 16.4. The van der Waals surface area contributed by atoms with Crippen LogP contribution in [-0.4, -0.2) is 35.1 Å². The lowest BCUT2D eigenvalue weighted by Crippen LogP contribution is -2.44. The zero-order valence-corrected chi connectivity index (χ0v) is 11.1. The first-order valence-corrected chi connectivity index (χ1v) is 7.02. The van der Waals surface area contributed by atoms with Gasteiger partial charge < -0.3 is 5.11 Å². The molecule has 0 aliphatic heterocycles. The van der Waals surface area contributed by atoms with E-state index in [2.05, 4.69) is 18.7 Å². The van der Waals surface area contributed by atoms with Crippen LogP contribution in [0.4, 0.5) is 0 Å². The Balaban J connectivity index is 1.91. The summed E-state index contributed by atoms with van der Waals surface area (Å²) in [7, 11) is 0. The van der Waals surface area contributed by atoms with Crippen LogP contribution in [0, 0.1) is 17.8 Å². The third-order valence-corrected chi connectivity index (χ3v) is 4.61. The molecule has 2 saturated carbocycles. The molecule has 0 heterocycles. The van der Waals surface area contributed by atoms with Gasteiger partial charge in [0.2, 0.25) is 0 Å². The Bertz CT molecular complexity index is 275. The highest BCUT2D eigenvalue weighted by molar-refractivity contribution is 5.69. The normalized spacial score (nSPS) is 33.9. The number of carboxylic acid groups (broad SMARTS) is 1. The summed E-state index contributed by atoms with van der Waals surface area (Å²) in [5.74, 6) is 1.66. The first-order chi connectivity index (χ1) is 8.06. The van der Waals surface area contributed by atoms with Gasteiger partial charge in [-0.3, -0.25) is 9.69 Å². The molecule has 0 radical (unpaired) electrons. The Morgan fingerprint density at radius 1 is 1.18 bits per heavy atom. The van der Waals surface area contributed by atoms with Crippen LogP contribution in [0.25, 0.3) is 0 Å². The monoisotopic (exact) mass is 239 g/mol. The van der Waals surface area contributed by atoms with Crippen molar-refractivity contribution >= 4 is 5.97 Å². The molecule has 0 amide bonds. The Morgan fingerprint density at radius 3 is 2.41 bits per heavy atom. The molecule has 0 aromatic rings. The molecule has 0 bridgehead atoms. The summed E-state index contributed by atoms with van der Waals surface area (Å²) in [6.07, 6.45) is 6.23. The highest BCUT2D eigenvalue weighted by Crippen LogP contribution is 2.35. The van der Waals surface area contributed by atoms with Crippen molar-refractivity contribution in [2.24, 2.45) is 17.8 Å². The number of nitrogens with zero attached hydrogens (tertiary/aromatic N) is 1. The maximum absolute atomic E-state index is 11.0. The molecule has 2 aliphatic carbocycles. The molecular weight excluding hydrogens is 214 g/mol. The van der Waals surface area contributed by atoms with Crippen LogP contribution in [0.1, 0.15) is 46.0 Å². The summed E-state index contributed by atoms with van der Waals surface area (Å²) in [6, 6.07) is 0.512. The van der Waals surface area contributed by atoms with Crippen LogP contribution in [0.15, 0.2) is 0 Å². The molecule has 3 nitrogen and oxygen atoms in total. The van der Waals surface area contributed by atoms with E-state index >= 15 is 0 Å². The lowest BCUT2D eigenvalue weighted by Gasteiger charge is -2.38. The van der Waals surface area contributed by atoms with Gasteiger partial charge in [0.15, 0.2) is 0 Å². The fourth-order valence-corrected chi connectivity index (χ4v) is 3.00. The topological polar surface area (TPSA) is 40.5 Å². The Labute approximate surface area is 104 Å². The average molecular weight is 239 g/mol. The van der Waals surface area contributed by atoms with E-state index in [1.165, 1.54) is 32.1 Å². The largest absolute Gasteiger partial charge is 0.480 e. The van der Waals surface area contributed by atoms with Crippen molar-refractivity contribution in [3.05, 3.63) is 0 Å². The number of aliphatic carboxylic acids is 1. The molecule has 0 aromatic heterocycles. The molecule has 2 aliphatic rings. The molecule has 3 unspecified atom stereocenters. The molecular formula is C14H25NO2. The molecule has 3 atom stereocenters. The van der Waals surface area contributed by atoms with Gasteiger partial charge in [0.05, 0.1) is 6.54 Å². The van der Waals surface area contributed by atoms with Gasteiger partial charge in [-0.05, 0) is 49.9 Å². The van der Waals surface area contributed by atoms with Crippen molar-refractivity contribution in [1.29, 1.82) is 0 Å². The second-order valence-corrected chi connectivity index (χ2v) is 6.19. The molecule has 0 saturated heterocycles. The average Bonchev–Trinajstić information content (AvgIpc) is 3.04. The molecule has 17 heavy (non-hydrogen) atoms. The second kappa shape index (κ2) is 5.38. The van der Waals surface area contributed by atoms with Crippen molar-refractivity contribution in [3.63, 3.8) is 0 Å². The number of hydrogen-bond acceptors (Lipinski definition) is 2. The maximum Gasteiger partial charge on any atom is 0.317 e. The minimum atomic E-state index is -0.670. The van der Waals surface area contributed by atoms with Gasteiger partial charge in [0, 0.05) is 12.6 Å². The van der Waals surface area contributed by atoms with Crippen LogP contribution in [0.3, 0.4) is 0 Å². The third kappa shape index (κ3) is 3.70. The van der Waals surface area contributed by atoms with E-state index in [4.69, 9.17) is 5.11 Å². The van der Waals surface area contributed by atoms with Gasteiger partial charge in [-0.25, -0.2) is 0 Å². The number of hydrogen-bond donors (Lipinski definition) is 1. The minimum Gasteiger partial charge on any atom is -0.480 e. The van der Waals surface area contributed by atoms with Crippen LogP contribution in [-0.2, 0) is 4.79 Å². The van der Waals surface area contributed by atoms with Gasteiger partial charge in [0.1, 0.15) is 0 Å². The van der Waals surface area contributed by atoms with Crippen molar-refractivity contribution in [3.8, 4) is 0 Å². The zero-order chi connectivity index (χ0) is 12.4. The molecule has 1 N–H and O–H groups in total. The first kappa shape index (κ1) is 12.9. The number of carboxylic acids is 1. The fourth-order valence-electron chi connectivity index (χ4n) is 3.00. The zero-order valence-electron chi connectivity index (χ0n) is 11.1. The summed E-state index contributed by atoms with van der Waals surface area (Å²) in [4.78, 5) is 13.2. The van der Waals surface area contributed by atoms with E-state index in [0.29, 0.717) is 6.04 Å². The Hall–Kier alpha value is -0.570. The summed E-state index contributed by atoms with van der Waals surface area (Å²) < 4.78 is 0. The fraction of sp³-hybridized carbons (Fsp3) is 0.929. The van der Waals surface area contributed by atoms with Crippen LogP contribution in [0.2, 0.25) is 0 Å². The summed E-state index contributed by atoms with van der Waals surface area (Å²) >= 11 is 0. The van der Waals surface area contributed by atoms with E-state index in [1.807, 2.05) is 0 Å². The number of rotatable bonds is 5. The van der Waals surface area contributed by atoms with Crippen molar-refractivity contribution in [1.82, 2.24) is 4.90 Å². The standard InChI is InChI=1S/C14H25NO2/c1-10-3-6-13(7-11(10)2)15(9-14(16)17)8-12-4-5-12/h10-13H,3-9H2,1-2H3,(H,16,17). The summed E-state index contributed by atoms with van der Waals surface area (Å²) in [5.41, 5.74) is 0. The van der Waals surface area contributed by atoms with Crippen LogP contribution < -0.4 is 0 Å². The van der Waals surface area contributed by atoms with E-state index in [-0.39, 0.29) is 6.54 Å². The van der Waals surface area contributed by atoms with E-state index in [9.17, 15) is 4.79 Å². The Kier molecular flexibility index (Phi) is 4.08. The molecule has 98 valence electrons. The van der Waals surface area contributed by atoms with Gasteiger partial charge >= 0.3 is 5.97 Å². The SMILES string of the molecule is CC1CCC(N(CC(=O)O)CC2CC2)CC1C. The first-order valence-electron chi connectivity index (χ1n) is 7.02.